The van der Waals surface area contributed by atoms with Gasteiger partial charge in [0.25, 0.3) is 0 Å². The summed E-state index contributed by atoms with van der Waals surface area (Å²) in [6.45, 7) is 0. The van der Waals surface area contributed by atoms with Gasteiger partial charge in [-0.1, -0.05) is 48.5 Å². The molecule has 3 nitrogen and oxygen atoms in total. The highest BCUT2D eigenvalue weighted by Gasteiger charge is 2.29. The SMILES string of the molecule is FC(F)(F)c1ccc(Nc2nc(-c3ccccc3)c3ccccc3n2)cc1. The van der Waals surface area contributed by atoms with Crippen LogP contribution in [0.2, 0.25) is 0 Å². The summed E-state index contributed by atoms with van der Waals surface area (Å²) in [5.74, 6) is 0.326. The Balaban J connectivity index is 1.74. The van der Waals surface area contributed by atoms with Crippen LogP contribution in [0.25, 0.3) is 22.2 Å². The van der Waals surface area contributed by atoms with Gasteiger partial charge in [0.2, 0.25) is 5.95 Å². The lowest BCUT2D eigenvalue weighted by Crippen LogP contribution is -2.05. The summed E-state index contributed by atoms with van der Waals surface area (Å²) in [5.41, 5.74) is 2.23. The first kappa shape index (κ1) is 17.0. The maximum atomic E-state index is 12.7. The predicted molar refractivity (Wildman–Crippen MR) is 99.7 cm³/mol. The molecule has 0 aliphatic heterocycles. The number of nitrogens with one attached hydrogen (secondary N) is 1. The summed E-state index contributed by atoms with van der Waals surface area (Å²) >= 11 is 0. The van der Waals surface area contributed by atoms with Crippen LogP contribution in [0.3, 0.4) is 0 Å². The lowest BCUT2D eigenvalue weighted by molar-refractivity contribution is -0.137. The molecule has 0 saturated carbocycles. The maximum Gasteiger partial charge on any atom is 0.416 e. The summed E-state index contributed by atoms with van der Waals surface area (Å²) in [5, 5.41) is 3.90. The Labute approximate surface area is 153 Å². The molecular weight excluding hydrogens is 351 g/mol. The van der Waals surface area contributed by atoms with Gasteiger partial charge in [-0.2, -0.15) is 13.2 Å². The van der Waals surface area contributed by atoms with E-state index in [9.17, 15) is 13.2 Å². The molecule has 4 rings (SSSR count). The van der Waals surface area contributed by atoms with Crippen LogP contribution in [0.15, 0.2) is 78.9 Å². The van der Waals surface area contributed by atoms with Crippen molar-refractivity contribution in [3.8, 4) is 11.3 Å². The summed E-state index contributed by atoms with van der Waals surface area (Å²) in [6, 6.07) is 22.1. The molecule has 0 spiro atoms. The summed E-state index contributed by atoms with van der Waals surface area (Å²) in [6.07, 6.45) is -4.36. The van der Waals surface area contributed by atoms with Crippen molar-refractivity contribution in [1.29, 1.82) is 0 Å². The van der Waals surface area contributed by atoms with Crippen molar-refractivity contribution in [1.82, 2.24) is 9.97 Å². The first-order valence-electron chi connectivity index (χ1n) is 8.27. The Morgan fingerprint density at radius 3 is 2.07 bits per heavy atom. The number of rotatable bonds is 3. The van der Waals surface area contributed by atoms with Gasteiger partial charge in [-0.25, -0.2) is 9.97 Å². The predicted octanol–water partition coefficient (Wildman–Crippen LogP) is 6.06. The average molecular weight is 365 g/mol. The molecule has 0 aliphatic rings. The van der Waals surface area contributed by atoms with Crippen molar-refractivity contribution in [2.24, 2.45) is 0 Å². The minimum Gasteiger partial charge on any atom is -0.324 e. The summed E-state index contributed by atoms with van der Waals surface area (Å²) < 4.78 is 38.1. The maximum absolute atomic E-state index is 12.7. The molecule has 0 atom stereocenters. The van der Waals surface area contributed by atoms with Crippen molar-refractivity contribution in [3.05, 3.63) is 84.4 Å². The zero-order chi connectivity index (χ0) is 18.9. The van der Waals surface area contributed by atoms with E-state index in [0.29, 0.717) is 11.6 Å². The standard InChI is InChI=1S/C21H14F3N3/c22-21(23,24)15-10-12-16(13-11-15)25-20-26-18-9-5-4-8-17(18)19(27-20)14-6-2-1-3-7-14/h1-13H,(H,25,26,27). The molecule has 0 aliphatic carbocycles. The second kappa shape index (κ2) is 6.72. The van der Waals surface area contributed by atoms with Gasteiger partial charge in [-0.05, 0) is 30.3 Å². The first-order valence-corrected chi connectivity index (χ1v) is 8.27. The fourth-order valence-electron chi connectivity index (χ4n) is 2.82. The van der Waals surface area contributed by atoms with Crippen LogP contribution in [0.5, 0.6) is 0 Å². The molecule has 0 saturated heterocycles. The molecule has 0 radical (unpaired) electrons. The number of hydrogen-bond donors (Lipinski definition) is 1. The molecule has 1 N–H and O–H groups in total. The molecule has 6 heteroatoms. The van der Waals surface area contributed by atoms with E-state index in [1.165, 1.54) is 12.1 Å². The Morgan fingerprint density at radius 2 is 1.37 bits per heavy atom. The Bertz CT molecular complexity index is 1080. The van der Waals surface area contributed by atoms with E-state index in [4.69, 9.17) is 0 Å². The zero-order valence-corrected chi connectivity index (χ0v) is 14.0. The molecule has 1 aromatic heterocycles. The van der Waals surface area contributed by atoms with Crippen LogP contribution >= 0.6 is 0 Å². The number of aromatic nitrogens is 2. The fourth-order valence-corrected chi connectivity index (χ4v) is 2.82. The van der Waals surface area contributed by atoms with E-state index in [0.717, 1.165) is 34.3 Å². The van der Waals surface area contributed by atoms with E-state index in [-0.39, 0.29) is 0 Å². The number of benzene rings is 3. The largest absolute Gasteiger partial charge is 0.416 e. The van der Waals surface area contributed by atoms with Crippen LogP contribution in [0.1, 0.15) is 5.56 Å². The number of nitrogens with zero attached hydrogens (tertiary/aromatic N) is 2. The smallest absolute Gasteiger partial charge is 0.324 e. The first-order chi connectivity index (χ1) is 13.0. The molecule has 134 valence electrons. The van der Waals surface area contributed by atoms with Crippen LogP contribution < -0.4 is 5.32 Å². The van der Waals surface area contributed by atoms with Crippen molar-refractivity contribution in [3.63, 3.8) is 0 Å². The zero-order valence-electron chi connectivity index (χ0n) is 14.0. The second-order valence-corrected chi connectivity index (χ2v) is 5.98. The van der Waals surface area contributed by atoms with Crippen molar-refractivity contribution in [2.45, 2.75) is 6.18 Å². The molecule has 0 amide bonds. The third-order valence-electron chi connectivity index (χ3n) is 4.12. The number of fused-ring (bicyclic) bond motifs is 1. The van der Waals surface area contributed by atoms with Gasteiger partial charge in [-0.3, -0.25) is 0 Å². The average Bonchev–Trinajstić information content (AvgIpc) is 2.68. The molecular formula is C21H14F3N3. The second-order valence-electron chi connectivity index (χ2n) is 5.98. The van der Waals surface area contributed by atoms with Crippen LogP contribution in [-0.2, 0) is 6.18 Å². The van der Waals surface area contributed by atoms with Crippen LogP contribution in [-0.4, -0.2) is 9.97 Å². The quantitative estimate of drug-likeness (QED) is 0.480. The van der Waals surface area contributed by atoms with Gasteiger partial charge < -0.3 is 5.32 Å². The monoisotopic (exact) mass is 365 g/mol. The van der Waals surface area contributed by atoms with E-state index >= 15 is 0 Å². The van der Waals surface area contributed by atoms with Crippen LogP contribution in [0.4, 0.5) is 24.8 Å². The van der Waals surface area contributed by atoms with Gasteiger partial charge in [0, 0.05) is 16.6 Å². The van der Waals surface area contributed by atoms with E-state index in [2.05, 4.69) is 15.3 Å². The molecule has 0 fully saturated rings. The highest BCUT2D eigenvalue weighted by molar-refractivity contribution is 5.93. The van der Waals surface area contributed by atoms with Gasteiger partial charge in [0.1, 0.15) is 0 Å². The minimum atomic E-state index is -4.36. The van der Waals surface area contributed by atoms with Crippen molar-refractivity contribution >= 4 is 22.5 Å². The topological polar surface area (TPSA) is 37.8 Å². The van der Waals surface area contributed by atoms with E-state index in [1.54, 1.807) is 0 Å². The van der Waals surface area contributed by atoms with Gasteiger partial charge in [0.15, 0.2) is 0 Å². The van der Waals surface area contributed by atoms with E-state index in [1.807, 2.05) is 54.6 Å². The number of halogens is 3. The molecule has 0 unspecified atom stereocenters. The van der Waals surface area contributed by atoms with Crippen molar-refractivity contribution in [2.75, 3.05) is 5.32 Å². The lowest BCUT2D eigenvalue weighted by Gasteiger charge is -2.11. The number of hydrogen-bond acceptors (Lipinski definition) is 3. The number of alkyl halides is 3. The van der Waals surface area contributed by atoms with Gasteiger partial charge in [-0.15, -0.1) is 0 Å². The number of anilines is 2. The molecule has 4 aromatic rings. The third kappa shape index (κ3) is 3.60. The Hall–Kier alpha value is -3.41. The van der Waals surface area contributed by atoms with Gasteiger partial charge >= 0.3 is 6.18 Å². The third-order valence-corrected chi connectivity index (χ3v) is 4.12. The molecule has 3 aromatic carbocycles. The number of para-hydroxylation sites is 1. The van der Waals surface area contributed by atoms with Gasteiger partial charge in [0.05, 0.1) is 16.8 Å². The Morgan fingerprint density at radius 1 is 0.704 bits per heavy atom. The molecule has 27 heavy (non-hydrogen) atoms. The lowest BCUT2D eigenvalue weighted by atomic mass is 10.1. The summed E-state index contributed by atoms with van der Waals surface area (Å²) in [4.78, 5) is 9.08. The fraction of sp³-hybridized carbons (Fsp3) is 0.0476. The van der Waals surface area contributed by atoms with Crippen LogP contribution in [0, 0.1) is 0 Å². The normalized spacial score (nSPS) is 11.5. The summed E-state index contributed by atoms with van der Waals surface area (Å²) in [7, 11) is 0. The molecule has 0 bridgehead atoms. The highest BCUT2D eigenvalue weighted by Crippen LogP contribution is 2.31. The van der Waals surface area contributed by atoms with E-state index < -0.39 is 11.7 Å². The molecule has 1 heterocycles. The van der Waals surface area contributed by atoms with Crippen molar-refractivity contribution < 1.29 is 13.2 Å². The minimum absolute atomic E-state index is 0.326. The highest BCUT2D eigenvalue weighted by atomic mass is 19.4. The Kier molecular flexibility index (Phi) is 4.24.